The Kier molecular flexibility index (Phi) is 5.08. The molecule has 4 rings (SSSR count). The zero-order valence-corrected chi connectivity index (χ0v) is 15.5. The third-order valence-electron chi connectivity index (χ3n) is 5.23. The Morgan fingerprint density at radius 1 is 1.29 bits per heavy atom. The first-order valence-corrected chi connectivity index (χ1v) is 9.22. The summed E-state index contributed by atoms with van der Waals surface area (Å²) in [7, 11) is 1.76. The van der Waals surface area contributed by atoms with E-state index in [1.807, 2.05) is 0 Å². The molecule has 2 atom stereocenters. The molecule has 2 bridgehead atoms. The Hall–Kier alpha value is -2.81. The van der Waals surface area contributed by atoms with E-state index in [-0.39, 0.29) is 53.9 Å². The fourth-order valence-corrected chi connectivity index (χ4v) is 3.58. The van der Waals surface area contributed by atoms with Gasteiger partial charge in [-0.25, -0.2) is 4.39 Å². The van der Waals surface area contributed by atoms with E-state index in [2.05, 4.69) is 10.1 Å². The van der Waals surface area contributed by atoms with E-state index >= 15 is 0 Å². The van der Waals surface area contributed by atoms with Crippen molar-refractivity contribution in [3.05, 3.63) is 36.0 Å². The van der Waals surface area contributed by atoms with Gasteiger partial charge in [-0.05, 0) is 12.1 Å². The van der Waals surface area contributed by atoms with Crippen molar-refractivity contribution in [2.45, 2.75) is 18.9 Å². The Labute approximate surface area is 161 Å². The number of benzene rings is 1. The maximum atomic E-state index is 13.8. The second-order valence-corrected chi connectivity index (χ2v) is 7.13. The van der Waals surface area contributed by atoms with Crippen LogP contribution in [0, 0.1) is 11.7 Å². The van der Waals surface area contributed by atoms with Gasteiger partial charge in [0.2, 0.25) is 23.5 Å². The van der Waals surface area contributed by atoms with Crippen molar-refractivity contribution in [2.75, 3.05) is 33.4 Å². The standard InChI is InChI=1S/C19H21FN4O4/c1-23-13-9-24(8-12(19(23)26)10-27-11-13)17(25)7-6-16-21-18(22-28-16)14-4-2-3-5-15(14)20/h2-5,12-13H,6-11H2,1H3/t12-,13+/m1/s1. The first kappa shape index (κ1) is 18.5. The molecule has 148 valence electrons. The number of hydrogen-bond donors (Lipinski definition) is 0. The van der Waals surface area contributed by atoms with Crippen LogP contribution in [-0.4, -0.2) is 71.1 Å². The molecule has 2 aliphatic rings. The lowest BCUT2D eigenvalue weighted by Crippen LogP contribution is -2.45. The average molecular weight is 388 g/mol. The van der Waals surface area contributed by atoms with Gasteiger partial charge in [0.05, 0.1) is 30.7 Å². The number of amides is 2. The summed E-state index contributed by atoms with van der Waals surface area (Å²) >= 11 is 0. The predicted molar refractivity (Wildman–Crippen MR) is 95.5 cm³/mol. The van der Waals surface area contributed by atoms with Crippen molar-refractivity contribution in [1.29, 1.82) is 0 Å². The van der Waals surface area contributed by atoms with Crippen molar-refractivity contribution in [3.8, 4) is 11.4 Å². The van der Waals surface area contributed by atoms with Crippen LogP contribution in [0.5, 0.6) is 0 Å². The van der Waals surface area contributed by atoms with Gasteiger partial charge in [-0.1, -0.05) is 17.3 Å². The highest BCUT2D eigenvalue weighted by molar-refractivity contribution is 5.82. The van der Waals surface area contributed by atoms with Gasteiger partial charge in [0.25, 0.3) is 0 Å². The smallest absolute Gasteiger partial charge is 0.229 e. The monoisotopic (exact) mass is 388 g/mol. The molecule has 0 saturated carbocycles. The molecule has 0 radical (unpaired) electrons. The highest BCUT2D eigenvalue weighted by Gasteiger charge is 2.38. The van der Waals surface area contributed by atoms with Crippen LogP contribution in [0.15, 0.2) is 28.8 Å². The van der Waals surface area contributed by atoms with Gasteiger partial charge in [0, 0.05) is 33.0 Å². The lowest BCUT2D eigenvalue weighted by atomic mass is 10.1. The van der Waals surface area contributed by atoms with Crippen molar-refractivity contribution < 1.29 is 23.2 Å². The predicted octanol–water partition coefficient (Wildman–Crippen LogP) is 1.12. The minimum absolute atomic E-state index is 0.0178. The van der Waals surface area contributed by atoms with Crippen LogP contribution in [0.2, 0.25) is 0 Å². The molecule has 0 unspecified atom stereocenters. The number of aryl methyl sites for hydroxylation is 1. The van der Waals surface area contributed by atoms with Crippen molar-refractivity contribution in [2.24, 2.45) is 5.92 Å². The Bertz CT molecular complexity index is 886. The second kappa shape index (κ2) is 7.67. The molecule has 9 heteroatoms. The summed E-state index contributed by atoms with van der Waals surface area (Å²) in [6.45, 7) is 1.56. The molecule has 1 aromatic carbocycles. The molecular weight excluding hydrogens is 367 g/mol. The van der Waals surface area contributed by atoms with Crippen LogP contribution in [0.3, 0.4) is 0 Å². The maximum Gasteiger partial charge on any atom is 0.229 e. The fourth-order valence-electron chi connectivity index (χ4n) is 3.58. The molecule has 28 heavy (non-hydrogen) atoms. The minimum atomic E-state index is -0.432. The summed E-state index contributed by atoms with van der Waals surface area (Å²) in [4.78, 5) is 32.7. The second-order valence-electron chi connectivity index (χ2n) is 7.13. The molecule has 2 aliphatic heterocycles. The molecule has 3 heterocycles. The quantitative estimate of drug-likeness (QED) is 0.780. The van der Waals surface area contributed by atoms with E-state index in [4.69, 9.17) is 9.26 Å². The summed E-state index contributed by atoms with van der Waals surface area (Å²) in [6.07, 6.45) is 0.434. The van der Waals surface area contributed by atoms with E-state index in [0.29, 0.717) is 26.3 Å². The topological polar surface area (TPSA) is 88.8 Å². The fraction of sp³-hybridized carbons (Fsp3) is 0.474. The number of aromatic nitrogens is 2. The number of likely N-dealkylation sites (N-methyl/N-ethyl adjacent to an activating group) is 1. The van der Waals surface area contributed by atoms with Crippen LogP contribution >= 0.6 is 0 Å². The van der Waals surface area contributed by atoms with Gasteiger partial charge in [-0.3, -0.25) is 9.59 Å². The van der Waals surface area contributed by atoms with Crippen molar-refractivity contribution >= 4 is 11.8 Å². The number of halogens is 1. The number of fused-ring (bicyclic) bond motifs is 3. The van der Waals surface area contributed by atoms with Gasteiger partial charge in [0.15, 0.2) is 0 Å². The van der Waals surface area contributed by atoms with Crippen LogP contribution in [0.1, 0.15) is 12.3 Å². The number of nitrogens with zero attached hydrogens (tertiary/aromatic N) is 4. The van der Waals surface area contributed by atoms with Gasteiger partial charge >= 0.3 is 0 Å². The molecule has 2 aromatic rings. The highest BCUT2D eigenvalue weighted by Crippen LogP contribution is 2.22. The third kappa shape index (κ3) is 3.62. The lowest BCUT2D eigenvalue weighted by Gasteiger charge is -2.29. The zero-order chi connectivity index (χ0) is 19.7. The maximum absolute atomic E-state index is 13.8. The molecule has 8 nitrogen and oxygen atoms in total. The van der Waals surface area contributed by atoms with Crippen molar-refractivity contribution in [3.63, 3.8) is 0 Å². The molecule has 2 fully saturated rings. The van der Waals surface area contributed by atoms with E-state index in [0.717, 1.165) is 0 Å². The molecule has 0 N–H and O–H groups in total. The Morgan fingerprint density at radius 3 is 2.93 bits per heavy atom. The number of carbonyl (C=O) groups excluding carboxylic acids is 2. The zero-order valence-electron chi connectivity index (χ0n) is 15.5. The number of ether oxygens (including phenoxy) is 1. The van der Waals surface area contributed by atoms with E-state index in [1.165, 1.54) is 6.07 Å². The number of hydrogen-bond acceptors (Lipinski definition) is 6. The molecular formula is C19H21FN4O4. The Morgan fingerprint density at radius 2 is 2.11 bits per heavy atom. The van der Waals surface area contributed by atoms with Gasteiger partial charge in [-0.2, -0.15) is 4.98 Å². The lowest BCUT2D eigenvalue weighted by molar-refractivity contribution is -0.134. The normalized spacial score (nSPS) is 22.3. The van der Waals surface area contributed by atoms with Gasteiger partial charge < -0.3 is 19.1 Å². The Balaban J connectivity index is 1.40. The largest absolute Gasteiger partial charge is 0.378 e. The van der Waals surface area contributed by atoms with Crippen LogP contribution in [0.25, 0.3) is 11.4 Å². The molecule has 0 aliphatic carbocycles. The van der Waals surface area contributed by atoms with Gasteiger partial charge in [0.1, 0.15) is 5.82 Å². The van der Waals surface area contributed by atoms with Gasteiger partial charge in [-0.15, -0.1) is 0 Å². The van der Waals surface area contributed by atoms with Crippen LogP contribution < -0.4 is 0 Å². The van der Waals surface area contributed by atoms with Crippen LogP contribution in [0.4, 0.5) is 4.39 Å². The summed E-state index contributed by atoms with van der Waals surface area (Å²) in [6, 6.07) is 6.03. The summed E-state index contributed by atoms with van der Waals surface area (Å²) < 4.78 is 24.5. The molecule has 1 aromatic heterocycles. The highest BCUT2D eigenvalue weighted by atomic mass is 19.1. The summed E-state index contributed by atoms with van der Waals surface area (Å²) in [5, 5.41) is 3.80. The van der Waals surface area contributed by atoms with Crippen LogP contribution in [-0.2, 0) is 20.7 Å². The summed E-state index contributed by atoms with van der Waals surface area (Å²) in [5.74, 6) is -0.391. The first-order chi connectivity index (χ1) is 13.5. The number of rotatable bonds is 4. The van der Waals surface area contributed by atoms with Crippen molar-refractivity contribution in [1.82, 2.24) is 19.9 Å². The SMILES string of the molecule is CN1C(=O)[C@H]2COC[C@@H]1CN(C(=O)CCc1nc(-c3ccccc3F)no1)C2. The summed E-state index contributed by atoms with van der Waals surface area (Å²) in [5.41, 5.74) is 0.255. The molecule has 0 spiro atoms. The van der Waals surface area contributed by atoms with E-state index in [9.17, 15) is 14.0 Å². The molecule has 2 amide bonds. The average Bonchev–Trinajstić information content (AvgIpc) is 3.05. The van der Waals surface area contributed by atoms with E-state index < -0.39 is 5.82 Å². The first-order valence-electron chi connectivity index (χ1n) is 9.22. The third-order valence-corrected chi connectivity index (χ3v) is 5.23. The molecule has 2 saturated heterocycles. The minimum Gasteiger partial charge on any atom is -0.378 e. The number of carbonyl (C=O) groups is 2. The van der Waals surface area contributed by atoms with E-state index in [1.54, 1.807) is 35.0 Å².